The Morgan fingerprint density at radius 1 is 1.59 bits per heavy atom. The van der Waals surface area contributed by atoms with Crippen LogP contribution in [-0.4, -0.2) is 19.1 Å². The van der Waals surface area contributed by atoms with Gasteiger partial charge in [0.05, 0.1) is 5.56 Å². The van der Waals surface area contributed by atoms with Crippen LogP contribution in [0, 0.1) is 0 Å². The number of amides is 1. The van der Waals surface area contributed by atoms with E-state index < -0.39 is 0 Å². The molecule has 0 atom stereocenters. The van der Waals surface area contributed by atoms with Crippen molar-refractivity contribution < 1.29 is 9.53 Å². The second-order valence-corrected chi connectivity index (χ2v) is 3.61. The number of benzene rings is 1. The van der Waals surface area contributed by atoms with E-state index in [1.165, 1.54) is 0 Å². The Labute approximate surface area is 101 Å². The molecule has 92 valence electrons. The maximum absolute atomic E-state index is 11.9. The third-order valence-electron chi connectivity index (χ3n) is 2.14. The fraction of sp³-hybridized carbons (Fsp3) is 0.308. The van der Waals surface area contributed by atoms with Crippen LogP contribution in [0.15, 0.2) is 30.9 Å². The van der Waals surface area contributed by atoms with Crippen LogP contribution in [0.1, 0.15) is 23.7 Å². The lowest BCUT2D eigenvalue weighted by molar-refractivity contribution is 0.0950. The zero-order valence-corrected chi connectivity index (χ0v) is 10.0. The van der Waals surface area contributed by atoms with Crippen molar-refractivity contribution in [2.75, 3.05) is 18.9 Å². The highest BCUT2D eigenvalue weighted by molar-refractivity contribution is 5.97. The van der Waals surface area contributed by atoms with E-state index in [0.717, 1.165) is 6.42 Å². The van der Waals surface area contributed by atoms with Gasteiger partial charge in [-0.25, -0.2) is 0 Å². The van der Waals surface area contributed by atoms with Gasteiger partial charge in [-0.15, -0.1) is 0 Å². The van der Waals surface area contributed by atoms with E-state index in [0.29, 0.717) is 30.2 Å². The fourth-order valence-corrected chi connectivity index (χ4v) is 1.33. The van der Waals surface area contributed by atoms with Gasteiger partial charge in [-0.2, -0.15) is 0 Å². The van der Waals surface area contributed by atoms with Gasteiger partial charge in [0.1, 0.15) is 12.4 Å². The molecule has 0 saturated heterocycles. The van der Waals surface area contributed by atoms with Crippen LogP contribution in [-0.2, 0) is 0 Å². The van der Waals surface area contributed by atoms with Gasteiger partial charge in [0.25, 0.3) is 5.91 Å². The van der Waals surface area contributed by atoms with Crippen molar-refractivity contribution >= 4 is 11.6 Å². The number of hydrogen-bond donors (Lipinski definition) is 2. The molecule has 0 bridgehead atoms. The monoisotopic (exact) mass is 234 g/mol. The Morgan fingerprint density at radius 2 is 2.35 bits per heavy atom. The molecule has 1 aromatic rings. The summed E-state index contributed by atoms with van der Waals surface area (Å²) in [5.74, 6) is 0.353. The molecule has 0 aliphatic heterocycles. The predicted molar refractivity (Wildman–Crippen MR) is 69.2 cm³/mol. The van der Waals surface area contributed by atoms with Crippen molar-refractivity contribution in [2.24, 2.45) is 0 Å². The molecule has 0 radical (unpaired) electrons. The van der Waals surface area contributed by atoms with Gasteiger partial charge < -0.3 is 15.8 Å². The van der Waals surface area contributed by atoms with E-state index in [1.54, 1.807) is 24.3 Å². The second-order valence-electron chi connectivity index (χ2n) is 3.61. The molecule has 4 nitrogen and oxygen atoms in total. The SMILES string of the molecule is C=CCOc1ccc(N)cc1C(=O)NCCC. The molecule has 17 heavy (non-hydrogen) atoms. The van der Waals surface area contributed by atoms with E-state index in [-0.39, 0.29) is 5.91 Å². The first-order valence-corrected chi connectivity index (χ1v) is 5.60. The van der Waals surface area contributed by atoms with Gasteiger partial charge >= 0.3 is 0 Å². The highest BCUT2D eigenvalue weighted by Crippen LogP contribution is 2.21. The molecule has 1 amide bonds. The highest BCUT2D eigenvalue weighted by Gasteiger charge is 2.12. The van der Waals surface area contributed by atoms with Crippen molar-refractivity contribution in [2.45, 2.75) is 13.3 Å². The van der Waals surface area contributed by atoms with Crippen LogP contribution in [0.3, 0.4) is 0 Å². The maximum atomic E-state index is 11.9. The summed E-state index contributed by atoms with van der Waals surface area (Å²) in [6.07, 6.45) is 2.51. The molecule has 0 fully saturated rings. The topological polar surface area (TPSA) is 64.3 Å². The Kier molecular flexibility index (Phi) is 5.07. The average molecular weight is 234 g/mol. The highest BCUT2D eigenvalue weighted by atomic mass is 16.5. The van der Waals surface area contributed by atoms with Crippen LogP contribution >= 0.6 is 0 Å². The van der Waals surface area contributed by atoms with Gasteiger partial charge in [-0.3, -0.25) is 4.79 Å². The number of nitrogen functional groups attached to an aromatic ring is 1. The first-order chi connectivity index (χ1) is 8.19. The quantitative estimate of drug-likeness (QED) is 0.584. The second kappa shape index (κ2) is 6.58. The molecule has 0 saturated carbocycles. The Hall–Kier alpha value is -1.97. The molecule has 0 aliphatic rings. The van der Waals surface area contributed by atoms with Crippen LogP contribution in [0.25, 0.3) is 0 Å². The van der Waals surface area contributed by atoms with Crippen LogP contribution < -0.4 is 15.8 Å². The first-order valence-electron chi connectivity index (χ1n) is 5.60. The summed E-state index contributed by atoms with van der Waals surface area (Å²) in [6, 6.07) is 5.01. The van der Waals surface area contributed by atoms with Crippen LogP contribution in [0.5, 0.6) is 5.75 Å². The molecule has 1 aromatic carbocycles. The molecule has 0 aromatic heterocycles. The first kappa shape index (κ1) is 13.1. The number of rotatable bonds is 6. The third kappa shape index (κ3) is 3.83. The molecule has 0 spiro atoms. The molecule has 4 heteroatoms. The zero-order valence-electron chi connectivity index (χ0n) is 10.0. The Bertz CT molecular complexity index is 402. The molecule has 0 aliphatic carbocycles. The van der Waals surface area contributed by atoms with E-state index in [2.05, 4.69) is 11.9 Å². The average Bonchev–Trinajstić information content (AvgIpc) is 2.34. The number of anilines is 1. The zero-order chi connectivity index (χ0) is 12.7. The van der Waals surface area contributed by atoms with Gasteiger partial charge in [0.2, 0.25) is 0 Å². The summed E-state index contributed by atoms with van der Waals surface area (Å²) in [5, 5.41) is 2.79. The summed E-state index contributed by atoms with van der Waals surface area (Å²) < 4.78 is 5.41. The van der Waals surface area contributed by atoms with Crippen LogP contribution in [0.2, 0.25) is 0 Å². The van der Waals surface area contributed by atoms with Crippen molar-refractivity contribution in [3.8, 4) is 5.75 Å². The Balaban J connectivity index is 2.89. The number of carbonyl (C=O) groups excluding carboxylic acids is 1. The lowest BCUT2D eigenvalue weighted by Crippen LogP contribution is -2.24. The van der Waals surface area contributed by atoms with Gasteiger partial charge in [0.15, 0.2) is 0 Å². The van der Waals surface area contributed by atoms with E-state index in [9.17, 15) is 4.79 Å². The fourth-order valence-electron chi connectivity index (χ4n) is 1.33. The number of nitrogens with one attached hydrogen (secondary N) is 1. The van der Waals surface area contributed by atoms with Gasteiger partial charge in [0, 0.05) is 12.2 Å². The molecule has 3 N–H and O–H groups in total. The van der Waals surface area contributed by atoms with Crippen molar-refractivity contribution in [3.63, 3.8) is 0 Å². The largest absolute Gasteiger partial charge is 0.489 e. The third-order valence-corrected chi connectivity index (χ3v) is 2.14. The molecule has 1 rings (SSSR count). The molecule has 0 heterocycles. The number of carbonyl (C=O) groups is 1. The van der Waals surface area contributed by atoms with Gasteiger partial charge in [-0.05, 0) is 24.6 Å². The Morgan fingerprint density at radius 3 is 3.00 bits per heavy atom. The molecule has 0 unspecified atom stereocenters. The summed E-state index contributed by atoms with van der Waals surface area (Å²) in [5.41, 5.74) is 6.66. The predicted octanol–water partition coefficient (Wildman–Crippen LogP) is 1.97. The minimum Gasteiger partial charge on any atom is -0.489 e. The molecular formula is C13H18N2O2. The summed E-state index contributed by atoms with van der Waals surface area (Å²) in [4.78, 5) is 11.9. The van der Waals surface area contributed by atoms with Crippen LogP contribution in [0.4, 0.5) is 5.69 Å². The lowest BCUT2D eigenvalue weighted by Gasteiger charge is -2.11. The standard InChI is InChI=1S/C13H18N2O2/c1-3-7-15-13(16)11-9-10(14)5-6-12(11)17-8-4-2/h4-6,9H,2-3,7-8,14H2,1H3,(H,15,16). The lowest BCUT2D eigenvalue weighted by atomic mass is 10.1. The summed E-state index contributed by atoms with van der Waals surface area (Å²) in [7, 11) is 0. The summed E-state index contributed by atoms with van der Waals surface area (Å²) in [6.45, 7) is 6.55. The van der Waals surface area contributed by atoms with Crippen molar-refractivity contribution in [1.29, 1.82) is 0 Å². The number of nitrogens with two attached hydrogens (primary N) is 1. The van der Waals surface area contributed by atoms with Gasteiger partial charge in [-0.1, -0.05) is 19.6 Å². The number of hydrogen-bond acceptors (Lipinski definition) is 3. The maximum Gasteiger partial charge on any atom is 0.255 e. The minimum absolute atomic E-state index is 0.168. The van der Waals surface area contributed by atoms with E-state index in [4.69, 9.17) is 10.5 Å². The molecular weight excluding hydrogens is 216 g/mol. The normalized spacial score (nSPS) is 9.71. The van der Waals surface area contributed by atoms with Crippen molar-refractivity contribution in [3.05, 3.63) is 36.4 Å². The summed E-state index contributed by atoms with van der Waals surface area (Å²) >= 11 is 0. The number of ether oxygens (including phenoxy) is 1. The van der Waals surface area contributed by atoms with E-state index >= 15 is 0 Å². The minimum atomic E-state index is -0.168. The smallest absolute Gasteiger partial charge is 0.255 e. The van der Waals surface area contributed by atoms with Crippen molar-refractivity contribution in [1.82, 2.24) is 5.32 Å². The van der Waals surface area contributed by atoms with E-state index in [1.807, 2.05) is 6.92 Å².